The molecule has 0 unspecified atom stereocenters. The number of amides is 1. The van der Waals surface area contributed by atoms with Crippen LogP contribution in [-0.4, -0.2) is 17.6 Å². The summed E-state index contributed by atoms with van der Waals surface area (Å²) < 4.78 is 18.9. The lowest BCUT2D eigenvalue weighted by Crippen LogP contribution is -2.34. The van der Waals surface area contributed by atoms with Gasteiger partial charge in [-0.2, -0.15) is 0 Å². The quantitative estimate of drug-likeness (QED) is 0.651. The average Bonchev–Trinajstić information content (AvgIpc) is 2.54. The molecule has 2 aromatic carbocycles. The predicted octanol–water partition coefficient (Wildman–Crippen LogP) is 3.52. The summed E-state index contributed by atoms with van der Waals surface area (Å²) in [4.78, 5) is 11.9. The monoisotopic (exact) mass is 330 g/mol. The minimum Gasteiger partial charge on any atom is -0.490 e. The van der Waals surface area contributed by atoms with E-state index < -0.39 is 11.7 Å². The van der Waals surface area contributed by atoms with Crippen LogP contribution in [0.2, 0.25) is 0 Å². The van der Waals surface area contributed by atoms with Gasteiger partial charge < -0.3 is 10.1 Å². The minimum absolute atomic E-state index is 0.0650. The molecule has 0 aliphatic heterocycles. The van der Waals surface area contributed by atoms with E-state index in [2.05, 4.69) is 17.2 Å². The molecular weight excluding hydrogens is 315 g/mol. The first kappa shape index (κ1) is 16.6. The van der Waals surface area contributed by atoms with Crippen LogP contribution in [-0.2, 0) is 0 Å². The number of benzene rings is 2. The molecule has 0 aliphatic carbocycles. The van der Waals surface area contributed by atoms with Crippen molar-refractivity contribution >= 4 is 28.9 Å². The highest BCUT2D eigenvalue weighted by Crippen LogP contribution is 2.15. The molecule has 0 spiro atoms. The summed E-state index contributed by atoms with van der Waals surface area (Å²) in [5.41, 5.74) is 0.611. The Bertz CT molecular complexity index is 717. The Kier molecular flexibility index (Phi) is 5.82. The Morgan fingerprint density at radius 1 is 1.22 bits per heavy atom. The summed E-state index contributed by atoms with van der Waals surface area (Å²) >= 11 is 5.05. The number of halogens is 1. The van der Waals surface area contributed by atoms with E-state index in [1.54, 1.807) is 36.4 Å². The second-order valence-corrected chi connectivity index (χ2v) is 4.92. The molecule has 0 fully saturated rings. The number of rotatable bonds is 5. The van der Waals surface area contributed by atoms with E-state index in [4.69, 9.17) is 17.0 Å². The van der Waals surface area contributed by atoms with Crippen molar-refractivity contribution in [3.8, 4) is 5.75 Å². The maximum atomic E-state index is 13.5. The van der Waals surface area contributed by atoms with Gasteiger partial charge in [0, 0.05) is 5.69 Å². The largest absolute Gasteiger partial charge is 0.490 e. The van der Waals surface area contributed by atoms with Crippen LogP contribution in [0, 0.1) is 5.82 Å². The fraction of sp³-hybridized carbons (Fsp3) is 0.0588. The molecule has 1 amide bonds. The minimum atomic E-state index is -0.605. The van der Waals surface area contributed by atoms with E-state index in [9.17, 15) is 9.18 Å². The number of hydrogen-bond acceptors (Lipinski definition) is 3. The van der Waals surface area contributed by atoms with Gasteiger partial charge in [0.15, 0.2) is 5.11 Å². The molecule has 6 heteroatoms. The predicted molar refractivity (Wildman–Crippen MR) is 92.2 cm³/mol. The molecule has 0 radical (unpaired) electrons. The number of carbonyl (C=O) groups excluding carboxylic acids is 1. The van der Waals surface area contributed by atoms with Crippen molar-refractivity contribution < 1.29 is 13.9 Å². The zero-order chi connectivity index (χ0) is 16.7. The third kappa shape index (κ3) is 4.89. The average molecular weight is 330 g/mol. The lowest BCUT2D eigenvalue weighted by atomic mass is 10.2. The summed E-state index contributed by atoms with van der Waals surface area (Å²) in [6, 6.07) is 12.7. The van der Waals surface area contributed by atoms with Crippen LogP contribution in [0.15, 0.2) is 61.2 Å². The van der Waals surface area contributed by atoms with Crippen LogP contribution in [0.3, 0.4) is 0 Å². The van der Waals surface area contributed by atoms with Crippen LogP contribution < -0.4 is 15.4 Å². The van der Waals surface area contributed by atoms with Gasteiger partial charge in [-0.15, -0.1) is 0 Å². The maximum Gasteiger partial charge on any atom is 0.260 e. The van der Waals surface area contributed by atoms with Crippen LogP contribution in [0.5, 0.6) is 5.75 Å². The van der Waals surface area contributed by atoms with Crippen molar-refractivity contribution in [2.45, 2.75) is 0 Å². The smallest absolute Gasteiger partial charge is 0.260 e. The molecule has 0 saturated carbocycles. The van der Waals surface area contributed by atoms with E-state index in [1.807, 2.05) is 0 Å². The van der Waals surface area contributed by atoms with Gasteiger partial charge in [0.1, 0.15) is 18.2 Å². The van der Waals surface area contributed by atoms with E-state index in [0.29, 0.717) is 18.0 Å². The van der Waals surface area contributed by atoms with Crippen molar-refractivity contribution in [3.05, 3.63) is 72.6 Å². The molecule has 0 aliphatic rings. The zero-order valence-electron chi connectivity index (χ0n) is 12.2. The number of nitrogens with one attached hydrogen (secondary N) is 2. The van der Waals surface area contributed by atoms with Crippen molar-refractivity contribution in [1.29, 1.82) is 0 Å². The van der Waals surface area contributed by atoms with Crippen molar-refractivity contribution in [2.24, 2.45) is 0 Å². The highest BCUT2D eigenvalue weighted by molar-refractivity contribution is 7.80. The fourth-order valence-corrected chi connectivity index (χ4v) is 1.98. The van der Waals surface area contributed by atoms with E-state index in [0.717, 1.165) is 0 Å². The number of hydrogen-bond donors (Lipinski definition) is 2. The molecule has 2 N–H and O–H groups in total. The van der Waals surface area contributed by atoms with Gasteiger partial charge in [-0.05, 0) is 48.6 Å². The second kappa shape index (κ2) is 8.05. The van der Waals surface area contributed by atoms with Gasteiger partial charge in [0.05, 0.1) is 5.56 Å². The number of ether oxygens (including phenoxy) is 1. The molecule has 4 nitrogen and oxygen atoms in total. The summed E-state index contributed by atoms with van der Waals surface area (Å²) in [5, 5.41) is 5.36. The standard InChI is InChI=1S/C17H15FN2O2S/c1-2-11-22-13-9-7-12(8-10-13)19-17(23)20-16(21)14-5-3-4-6-15(14)18/h2-10H,1,11H2,(H2,19,20,21,23). The first-order chi connectivity index (χ1) is 11.1. The van der Waals surface area contributed by atoms with Gasteiger partial charge in [0.2, 0.25) is 0 Å². The normalized spacial score (nSPS) is 9.78. The number of thiocarbonyl (C=S) groups is 1. The number of anilines is 1. The SMILES string of the molecule is C=CCOc1ccc(NC(=S)NC(=O)c2ccccc2F)cc1. The summed E-state index contributed by atoms with van der Waals surface area (Å²) in [5.74, 6) is -0.514. The Morgan fingerprint density at radius 2 is 1.91 bits per heavy atom. The Balaban J connectivity index is 1.93. The molecular formula is C17H15FN2O2S. The number of carbonyl (C=O) groups is 1. The molecule has 2 aromatic rings. The van der Waals surface area contributed by atoms with Gasteiger partial charge in [-0.25, -0.2) is 4.39 Å². The molecule has 23 heavy (non-hydrogen) atoms. The highest BCUT2D eigenvalue weighted by Gasteiger charge is 2.12. The maximum absolute atomic E-state index is 13.5. The molecule has 0 saturated heterocycles. The van der Waals surface area contributed by atoms with Crippen LogP contribution in [0.1, 0.15) is 10.4 Å². The summed E-state index contributed by atoms with van der Waals surface area (Å²) in [6.45, 7) is 3.99. The molecule has 0 aromatic heterocycles. The lowest BCUT2D eigenvalue weighted by molar-refractivity contribution is 0.0974. The second-order valence-electron chi connectivity index (χ2n) is 4.51. The van der Waals surface area contributed by atoms with Gasteiger partial charge in [-0.1, -0.05) is 24.8 Å². The fourth-order valence-electron chi connectivity index (χ4n) is 1.77. The van der Waals surface area contributed by atoms with Gasteiger partial charge in [-0.3, -0.25) is 10.1 Å². The Morgan fingerprint density at radius 3 is 2.57 bits per heavy atom. The Hall–Kier alpha value is -2.73. The van der Waals surface area contributed by atoms with E-state index in [-0.39, 0.29) is 10.7 Å². The van der Waals surface area contributed by atoms with Crippen LogP contribution >= 0.6 is 12.2 Å². The van der Waals surface area contributed by atoms with Gasteiger partial charge >= 0.3 is 0 Å². The third-order valence-electron chi connectivity index (χ3n) is 2.83. The van der Waals surface area contributed by atoms with Crippen molar-refractivity contribution in [2.75, 3.05) is 11.9 Å². The van der Waals surface area contributed by atoms with Crippen molar-refractivity contribution in [3.63, 3.8) is 0 Å². The summed E-state index contributed by atoms with van der Waals surface area (Å²) in [7, 11) is 0. The lowest BCUT2D eigenvalue weighted by Gasteiger charge is -2.10. The molecule has 0 heterocycles. The van der Waals surface area contributed by atoms with Gasteiger partial charge in [0.25, 0.3) is 5.91 Å². The van der Waals surface area contributed by atoms with Crippen molar-refractivity contribution in [1.82, 2.24) is 5.32 Å². The molecule has 118 valence electrons. The first-order valence-electron chi connectivity index (χ1n) is 6.81. The molecule has 0 atom stereocenters. The first-order valence-corrected chi connectivity index (χ1v) is 7.21. The Labute approximate surface area is 139 Å². The molecule has 2 rings (SSSR count). The zero-order valence-corrected chi connectivity index (χ0v) is 13.0. The summed E-state index contributed by atoms with van der Waals surface area (Å²) in [6.07, 6.45) is 1.65. The molecule has 0 bridgehead atoms. The van der Waals surface area contributed by atoms with Crippen LogP contribution in [0.25, 0.3) is 0 Å². The van der Waals surface area contributed by atoms with Crippen LogP contribution in [0.4, 0.5) is 10.1 Å². The van der Waals surface area contributed by atoms with E-state index >= 15 is 0 Å². The third-order valence-corrected chi connectivity index (χ3v) is 3.03. The highest BCUT2D eigenvalue weighted by atomic mass is 32.1. The van der Waals surface area contributed by atoms with E-state index in [1.165, 1.54) is 18.2 Å². The topological polar surface area (TPSA) is 50.4 Å².